The number of benzene rings is 2. The minimum absolute atomic E-state index is 0.0838. The average Bonchev–Trinajstić information content (AvgIpc) is 2.68. The number of sulfonamides is 1. The molecule has 0 radical (unpaired) electrons. The molecule has 0 fully saturated rings. The van der Waals surface area contributed by atoms with E-state index in [1.54, 1.807) is 12.1 Å². The normalized spacial score (nSPS) is 11.2. The highest BCUT2D eigenvalue weighted by Gasteiger charge is 2.15. The highest BCUT2D eigenvalue weighted by Crippen LogP contribution is 2.19. The molecule has 2 rings (SSSR count). The van der Waals surface area contributed by atoms with E-state index in [0.29, 0.717) is 24.2 Å². The molecule has 0 heterocycles. The van der Waals surface area contributed by atoms with E-state index in [0.717, 1.165) is 18.8 Å². The van der Waals surface area contributed by atoms with Crippen LogP contribution in [0.3, 0.4) is 0 Å². The summed E-state index contributed by atoms with van der Waals surface area (Å²) in [6.07, 6.45) is 0.697. The number of carbonyl (C=O) groups is 1. The number of hydrogen-bond acceptors (Lipinski definition) is 4. The average molecular weight is 390 g/mol. The van der Waals surface area contributed by atoms with Crippen LogP contribution in [-0.4, -0.2) is 34.0 Å². The molecule has 0 unspecified atom stereocenters. The van der Waals surface area contributed by atoms with Crippen LogP contribution in [0.25, 0.3) is 0 Å². The Hall–Kier alpha value is -2.38. The van der Waals surface area contributed by atoms with Crippen LogP contribution in [0.1, 0.15) is 37.6 Å². The molecule has 2 aromatic rings. The van der Waals surface area contributed by atoms with Crippen molar-refractivity contribution >= 4 is 27.3 Å². The van der Waals surface area contributed by atoms with Crippen molar-refractivity contribution in [2.45, 2.75) is 32.1 Å². The summed E-state index contributed by atoms with van der Waals surface area (Å²) in [6, 6.07) is 13.6. The van der Waals surface area contributed by atoms with Crippen LogP contribution < -0.4 is 14.9 Å². The first-order chi connectivity index (χ1) is 12.9. The van der Waals surface area contributed by atoms with E-state index in [4.69, 9.17) is 0 Å². The molecule has 6 nitrogen and oxygen atoms in total. The van der Waals surface area contributed by atoms with Gasteiger partial charge in [-0.25, -0.2) is 13.1 Å². The first-order valence-electron chi connectivity index (χ1n) is 9.17. The van der Waals surface area contributed by atoms with Crippen molar-refractivity contribution in [1.82, 2.24) is 4.72 Å². The fraction of sp³-hybridized carbons (Fsp3) is 0.350. The predicted octanol–water partition coefficient (Wildman–Crippen LogP) is 3.47. The van der Waals surface area contributed by atoms with E-state index < -0.39 is 10.0 Å². The van der Waals surface area contributed by atoms with Gasteiger partial charge in [0.05, 0.1) is 4.90 Å². The molecule has 27 heavy (non-hydrogen) atoms. The van der Waals surface area contributed by atoms with Crippen molar-refractivity contribution in [2.24, 2.45) is 0 Å². The number of hydrogen-bond donors (Lipinski definition) is 2. The third-order valence-corrected chi connectivity index (χ3v) is 5.66. The van der Waals surface area contributed by atoms with Crippen molar-refractivity contribution in [1.29, 1.82) is 0 Å². The van der Waals surface area contributed by atoms with Gasteiger partial charge in [-0.3, -0.25) is 4.79 Å². The molecule has 0 spiro atoms. The second-order valence-electron chi connectivity index (χ2n) is 6.10. The third kappa shape index (κ3) is 5.55. The molecule has 0 atom stereocenters. The summed E-state index contributed by atoms with van der Waals surface area (Å²) in [5.41, 5.74) is 2.04. The number of carbonyl (C=O) groups excluding carboxylic acids is 1. The lowest BCUT2D eigenvalue weighted by atomic mass is 10.2. The van der Waals surface area contributed by atoms with E-state index in [2.05, 4.69) is 28.8 Å². The smallest absolute Gasteiger partial charge is 0.255 e. The predicted molar refractivity (Wildman–Crippen MR) is 110 cm³/mol. The van der Waals surface area contributed by atoms with Gasteiger partial charge < -0.3 is 10.2 Å². The topological polar surface area (TPSA) is 78.5 Å². The van der Waals surface area contributed by atoms with Crippen molar-refractivity contribution in [3.05, 3.63) is 54.1 Å². The number of nitrogens with one attached hydrogen (secondary N) is 2. The molecular formula is C20H27N3O3S. The zero-order valence-corrected chi connectivity index (χ0v) is 16.8. The van der Waals surface area contributed by atoms with Gasteiger partial charge in [0.15, 0.2) is 0 Å². The summed E-state index contributed by atoms with van der Waals surface area (Å²) >= 11 is 0. The maximum absolute atomic E-state index is 12.5. The van der Waals surface area contributed by atoms with Gasteiger partial charge in [-0.2, -0.15) is 0 Å². The lowest BCUT2D eigenvalue weighted by Crippen LogP contribution is -2.24. The molecule has 0 aliphatic rings. The standard InChI is InChI=1S/C20H27N3O3S/c1-4-14-21-27(25,26)19-9-7-8-16(15-19)20(24)22-17-10-12-18(13-11-17)23(5-2)6-3/h7-13,15,21H,4-6,14H2,1-3H3,(H,22,24). The number of rotatable bonds is 9. The van der Waals surface area contributed by atoms with Crippen LogP contribution in [0.5, 0.6) is 0 Å². The number of anilines is 2. The quantitative estimate of drug-likeness (QED) is 0.688. The van der Waals surface area contributed by atoms with Crippen LogP contribution in [-0.2, 0) is 10.0 Å². The van der Waals surface area contributed by atoms with Gasteiger partial charge >= 0.3 is 0 Å². The Morgan fingerprint density at radius 2 is 1.67 bits per heavy atom. The highest BCUT2D eigenvalue weighted by molar-refractivity contribution is 7.89. The Bertz CT molecular complexity index is 860. The lowest BCUT2D eigenvalue weighted by Gasteiger charge is -2.21. The largest absolute Gasteiger partial charge is 0.372 e. The Morgan fingerprint density at radius 1 is 1.00 bits per heavy atom. The second kappa shape index (κ2) is 9.53. The summed E-state index contributed by atoms with van der Waals surface area (Å²) < 4.78 is 27.0. The Kier molecular flexibility index (Phi) is 7.38. The lowest BCUT2D eigenvalue weighted by molar-refractivity contribution is 0.102. The highest BCUT2D eigenvalue weighted by atomic mass is 32.2. The van der Waals surface area contributed by atoms with Crippen molar-refractivity contribution in [3.63, 3.8) is 0 Å². The first kappa shape index (κ1) is 20.9. The van der Waals surface area contributed by atoms with Gasteiger partial charge in [-0.1, -0.05) is 13.0 Å². The molecule has 7 heteroatoms. The molecule has 0 saturated carbocycles. The van der Waals surface area contributed by atoms with Gasteiger partial charge in [0.25, 0.3) is 5.91 Å². The minimum atomic E-state index is -3.61. The summed E-state index contributed by atoms with van der Waals surface area (Å²) in [7, 11) is -3.61. The van der Waals surface area contributed by atoms with Gasteiger partial charge in [0.1, 0.15) is 0 Å². The first-order valence-corrected chi connectivity index (χ1v) is 10.7. The van der Waals surface area contributed by atoms with Crippen LogP contribution in [0.4, 0.5) is 11.4 Å². The van der Waals surface area contributed by atoms with Gasteiger partial charge in [-0.15, -0.1) is 0 Å². The van der Waals surface area contributed by atoms with E-state index in [9.17, 15) is 13.2 Å². The second-order valence-corrected chi connectivity index (χ2v) is 7.87. The number of amides is 1. The summed E-state index contributed by atoms with van der Waals surface area (Å²) in [4.78, 5) is 14.8. The molecule has 1 amide bonds. The van der Waals surface area contributed by atoms with E-state index in [1.165, 1.54) is 12.1 Å². The molecule has 146 valence electrons. The SMILES string of the molecule is CCCNS(=O)(=O)c1cccc(C(=O)Nc2ccc(N(CC)CC)cc2)c1. The molecular weight excluding hydrogens is 362 g/mol. The zero-order valence-electron chi connectivity index (χ0n) is 16.0. The van der Waals surface area contributed by atoms with Crippen LogP contribution in [0, 0.1) is 0 Å². The third-order valence-electron chi connectivity index (χ3n) is 4.20. The maximum Gasteiger partial charge on any atom is 0.255 e. The summed E-state index contributed by atoms with van der Waals surface area (Å²) in [5, 5.41) is 2.81. The molecule has 0 bridgehead atoms. The maximum atomic E-state index is 12.5. The molecule has 0 aliphatic carbocycles. The summed E-state index contributed by atoms with van der Waals surface area (Å²) in [5.74, 6) is -0.349. The monoisotopic (exact) mass is 389 g/mol. The van der Waals surface area contributed by atoms with Gasteiger partial charge in [0.2, 0.25) is 10.0 Å². The Labute approximate surface area is 161 Å². The molecule has 0 aromatic heterocycles. The Morgan fingerprint density at radius 3 is 2.26 bits per heavy atom. The molecule has 0 saturated heterocycles. The fourth-order valence-electron chi connectivity index (χ4n) is 2.67. The van der Waals surface area contributed by atoms with Crippen molar-refractivity contribution in [3.8, 4) is 0 Å². The summed E-state index contributed by atoms with van der Waals surface area (Å²) in [6.45, 7) is 8.26. The fourth-order valence-corrected chi connectivity index (χ4v) is 3.85. The zero-order chi connectivity index (χ0) is 19.9. The van der Waals surface area contributed by atoms with Crippen LogP contribution in [0.2, 0.25) is 0 Å². The Balaban J connectivity index is 2.13. The van der Waals surface area contributed by atoms with E-state index >= 15 is 0 Å². The minimum Gasteiger partial charge on any atom is -0.372 e. The van der Waals surface area contributed by atoms with Gasteiger partial charge in [-0.05, 0) is 62.7 Å². The van der Waals surface area contributed by atoms with Crippen LogP contribution in [0.15, 0.2) is 53.4 Å². The van der Waals surface area contributed by atoms with Crippen molar-refractivity contribution < 1.29 is 13.2 Å². The van der Waals surface area contributed by atoms with E-state index in [1.807, 2.05) is 31.2 Å². The van der Waals surface area contributed by atoms with Crippen LogP contribution >= 0.6 is 0 Å². The van der Waals surface area contributed by atoms with Crippen molar-refractivity contribution in [2.75, 3.05) is 29.9 Å². The van der Waals surface area contributed by atoms with Gasteiger partial charge in [0, 0.05) is 36.6 Å². The molecule has 2 aromatic carbocycles. The number of nitrogens with zero attached hydrogens (tertiary/aromatic N) is 1. The molecule has 0 aliphatic heterocycles. The molecule has 2 N–H and O–H groups in total. The van der Waals surface area contributed by atoms with E-state index in [-0.39, 0.29) is 10.8 Å².